The molecule has 0 saturated carbocycles. The van der Waals surface area contributed by atoms with Crippen molar-refractivity contribution in [3.05, 3.63) is 0 Å². The maximum Gasteiger partial charge on any atom is 0.303 e. The van der Waals surface area contributed by atoms with Crippen molar-refractivity contribution in [2.24, 2.45) is 11.8 Å². The molecule has 1 fully saturated rings. The summed E-state index contributed by atoms with van der Waals surface area (Å²) in [5, 5.41) is 0. The molecule has 1 aliphatic heterocycles. The zero-order valence-electron chi connectivity index (χ0n) is 15.1. The van der Waals surface area contributed by atoms with E-state index in [1.807, 2.05) is 11.8 Å². The van der Waals surface area contributed by atoms with Crippen molar-refractivity contribution >= 4 is 11.9 Å². The van der Waals surface area contributed by atoms with Gasteiger partial charge in [0.1, 0.15) is 5.60 Å². The van der Waals surface area contributed by atoms with Crippen molar-refractivity contribution in [1.29, 1.82) is 0 Å². The minimum atomic E-state index is -0.462. The van der Waals surface area contributed by atoms with Gasteiger partial charge >= 0.3 is 5.97 Å². The lowest BCUT2D eigenvalue weighted by molar-refractivity contribution is -0.164. The first-order chi connectivity index (χ1) is 10.2. The maximum atomic E-state index is 12.0. The van der Waals surface area contributed by atoms with Crippen molar-refractivity contribution in [3.8, 4) is 0 Å². The molecule has 0 bridgehead atoms. The van der Waals surface area contributed by atoms with E-state index in [0.717, 1.165) is 32.2 Å². The normalized spacial score (nSPS) is 20.9. The highest BCUT2D eigenvalue weighted by Crippen LogP contribution is 2.34. The number of hydrogen-bond donors (Lipinski definition) is 0. The molecule has 1 aliphatic rings. The topological polar surface area (TPSA) is 46.6 Å². The highest BCUT2D eigenvalue weighted by molar-refractivity contribution is 5.78. The Labute approximate surface area is 135 Å². The molecule has 22 heavy (non-hydrogen) atoms. The molecule has 1 heterocycles. The minimum Gasteiger partial charge on any atom is -0.459 e. The fraction of sp³-hybridized carbons (Fsp3) is 0.889. The molecule has 4 nitrogen and oxygen atoms in total. The zero-order valence-corrected chi connectivity index (χ0v) is 15.1. The van der Waals surface area contributed by atoms with Gasteiger partial charge in [-0.2, -0.15) is 0 Å². The van der Waals surface area contributed by atoms with Gasteiger partial charge in [-0.25, -0.2) is 0 Å². The van der Waals surface area contributed by atoms with Crippen LogP contribution < -0.4 is 0 Å². The van der Waals surface area contributed by atoms with Crippen molar-refractivity contribution in [2.45, 2.75) is 85.3 Å². The maximum absolute atomic E-state index is 12.0. The average Bonchev–Trinajstić information content (AvgIpc) is 2.79. The van der Waals surface area contributed by atoms with Crippen LogP contribution in [0, 0.1) is 11.8 Å². The van der Waals surface area contributed by atoms with Crippen LogP contribution in [-0.2, 0) is 14.3 Å². The summed E-state index contributed by atoms with van der Waals surface area (Å²) in [6.45, 7) is 13.0. The van der Waals surface area contributed by atoms with Crippen LogP contribution in [0.2, 0.25) is 0 Å². The van der Waals surface area contributed by atoms with Gasteiger partial charge in [0.25, 0.3) is 0 Å². The Morgan fingerprint density at radius 1 is 1.36 bits per heavy atom. The van der Waals surface area contributed by atoms with Crippen LogP contribution in [0.3, 0.4) is 0 Å². The summed E-state index contributed by atoms with van der Waals surface area (Å²) < 4.78 is 5.70. The van der Waals surface area contributed by atoms with Gasteiger partial charge in [-0.1, -0.05) is 27.7 Å². The largest absolute Gasteiger partial charge is 0.459 e. The van der Waals surface area contributed by atoms with Gasteiger partial charge < -0.3 is 9.64 Å². The van der Waals surface area contributed by atoms with Crippen molar-refractivity contribution in [1.82, 2.24) is 4.90 Å². The Hall–Kier alpha value is -1.06. The molecular formula is C18H33NO3. The third-order valence-electron chi connectivity index (χ3n) is 4.88. The van der Waals surface area contributed by atoms with Crippen molar-refractivity contribution in [2.75, 3.05) is 6.54 Å². The number of carbonyl (C=O) groups is 2. The summed E-state index contributed by atoms with van der Waals surface area (Å²) in [5.41, 5.74) is -0.462. The Morgan fingerprint density at radius 2 is 2.00 bits per heavy atom. The van der Waals surface area contributed by atoms with E-state index in [9.17, 15) is 9.59 Å². The first kappa shape index (κ1) is 19.0. The molecule has 0 radical (unpaired) electrons. The van der Waals surface area contributed by atoms with Crippen LogP contribution in [0.15, 0.2) is 0 Å². The quantitative estimate of drug-likeness (QED) is 0.641. The third-order valence-corrected chi connectivity index (χ3v) is 4.88. The Balaban J connectivity index is 2.81. The van der Waals surface area contributed by atoms with Crippen LogP contribution in [0.1, 0.15) is 73.6 Å². The number of nitrogens with zero attached hydrogens (tertiary/aromatic N) is 1. The van der Waals surface area contributed by atoms with Gasteiger partial charge in [0.2, 0.25) is 5.91 Å². The van der Waals surface area contributed by atoms with E-state index >= 15 is 0 Å². The number of likely N-dealkylation sites (tertiary alicyclic amines) is 1. The monoisotopic (exact) mass is 311 g/mol. The lowest BCUT2D eigenvalue weighted by Crippen LogP contribution is -2.44. The van der Waals surface area contributed by atoms with E-state index < -0.39 is 5.60 Å². The summed E-state index contributed by atoms with van der Waals surface area (Å²) in [6, 6.07) is 0.257. The number of rotatable bonds is 8. The summed E-state index contributed by atoms with van der Waals surface area (Å²) in [5.74, 6) is 0.731. The molecule has 3 atom stereocenters. The van der Waals surface area contributed by atoms with Gasteiger partial charge in [-0.15, -0.1) is 0 Å². The van der Waals surface area contributed by atoms with Crippen LogP contribution in [0.25, 0.3) is 0 Å². The first-order valence-corrected chi connectivity index (χ1v) is 8.68. The number of ether oxygens (including phenoxy) is 1. The van der Waals surface area contributed by atoms with E-state index in [0.29, 0.717) is 12.3 Å². The Kier molecular flexibility index (Phi) is 6.89. The fourth-order valence-electron chi connectivity index (χ4n) is 3.71. The molecular weight excluding hydrogens is 278 g/mol. The first-order valence-electron chi connectivity index (χ1n) is 8.68. The predicted octanol–water partition coefficient (Wildman–Crippen LogP) is 3.78. The summed E-state index contributed by atoms with van der Waals surface area (Å²) in [6.07, 6.45) is 4.33. The van der Waals surface area contributed by atoms with E-state index in [1.165, 1.54) is 6.92 Å². The minimum absolute atomic E-state index is 0.220. The fourth-order valence-corrected chi connectivity index (χ4v) is 3.71. The molecule has 1 rings (SSSR count). The molecule has 3 unspecified atom stereocenters. The summed E-state index contributed by atoms with van der Waals surface area (Å²) >= 11 is 0. The number of hydrogen-bond acceptors (Lipinski definition) is 3. The molecule has 1 amide bonds. The van der Waals surface area contributed by atoms with E-state index in [-0.39, 0.29) is 23.8 Å². The second kappa shape index (κ2) is 7.98. The van der Waals surface area contributed by atoms with Gasteiger partial charge in [-0.3, -0.25) is 9.59 Å². The molecule has 0 aromatic heterocycles. The van der Waals surface area contributed by atoms with Crippen LogP contribution >= 0.6 is 0 Å². The van der Waals surface area contributed by atoms with Gasteiger partial charge in [0, 0.05) is 25.9 Å². The van der Waals surface area contributed by atoms with Crippen LogP contribution in [0.5, 0.6) is 0 Å². The van der Waals surface area contributed by atoms with Gasteiger partial charge in [0.05, 0.1) is 0 Å². The lowest BCUT2D eigenvalue weighted by atomic mass is 9.79. The third kappa shape index (κ3) is 4.99. The second-order valence-corrected chi connectivity index (χ2v) is 7.39. The SMILES string of the molecule is CCC(CC(C)C(C)(CC(C)C)OC(C)=O)N1CCCC1=O. The van der Waals surface area contributed by atoms with E-state index in [2.05, 4.69) is 27.7 Å². The lowest BCUT2D eigenvalue weighted by Gasteiger charge is -2.39. The average molecular weight is 311 g/mol. The van der Waals surface area contributed by atoms with E-state index in [1.54, 1.807) is 0 Å². The Morgan fingerprint density at radius 3 is 2.41 bits per heavy atom. The number of esters is 1. The van der Waals surface area contributed by atoms with Gasteiger partial charge in [0.15, 0.2) is 0 Å². The molecule has 128 valence electrons. The second-order valence-electron chi connectivity index (χ2n) is 7.39. The van der Waals surface area contributed by atoms with Crippen molar-refractivity contribution < 1.29 is 14.3 Å². The smallest absolute Gasteiger partial charge is 0.303 e. The molecule has 0 aromatic rings. The molecule has 0 aromatic carbocycles. The van der Waals surface area contributed by atoms with E-state index in [4.69, 9.17) is 4.74 Å². The molecule has 0 spiro atoms. The zero-order chi connectivity index (χ0) is 16.9. The Bertz CT molecular complexity index is 394. The number of carbonyl (C=O) groups excluding carboxylic acids is 2. The molecule has 4 heteroatoms. The molecule has 0 N–H and O–H groups in total. The van der Waals surface area contributed by atoms with Crippen LogP contribution in [-0.4, -0.2) is 35.0 Å². The standard InChI is InChI=1S/C18H33NO3/c1-7-16(19-10-8-9-17(19)21)11-14(4)18(6,12-13(2)3)22-15(5)20/h13-14,16H,7-12H2,1-6H3. The molecule has 0 aliphatic carbocycles. The highest BCUT2D eigenvalue weighted by atomic mass is 16.6. The summed E-state index contributed by atoms with van der Waals surface area (Å²) in [7, 11) is 0. The number of amides is 1. The molecule has 1 saturated heterocycles. The highest BCUT2D eigenvalue weighted by Gasteiger charge is 2.38. The van der Waals surface area contributed by atoms with Gasteiger partial charge in [-0.05, 0) is 44.4 Å². The van der Waals surface area contributed by atoms with Crippen molar-refractivity contribution in [3.63, 3.8) is 0 Å². The van der Waals surface area contributed by atoms with Crippen LogP contribution in [0.4, 0.5) is 0 Å². The summed E-state index contributed by atoms with van der Waals surface area (Å²) in [4.78, 5) is 25.6. The predicted molar refractivity (Wildman–Crippen MR) is 88.4 cm³/mol.